The van der Waals surface area contributed by atoms with Gasteiger partial charge in [-0.05, 0) is 0 Å². The normalized spacial score (nSPS) is 34.6. The topological polar surface area (TPSA) is 116 Å². The molecular weight excluding hydrogens is 213 g/mol. The molecule has 7 nitrogen and oxygen atoms in total. The Hall–Kier alpha value is -0.750. The van der Waals surface area contributed by atoms with Crippen molar-refractivity contribution in [3.05, 3.63) is 0 Å². The van der Waals surface area contributed by atoms with Gasteiger partial charge >= 0.3 is 13.8 Å². The summed E-state index contributed by atoms with van der Waals surface area (Å²) in [5.41, 5.74) is 5.15. The minimum absolute atomic E-state index is 0.0965. The predicted molar refractivity (Wildman–Crippen MR) is 44.1 cm³/mol. The molecule has 2 unspecified atom stereocenters. The fourth-order valence-corrected chi connectivity index (χ4v) is 1.89. The predicted octanol–water partition coefficient (Wildman–Crippen LogP) is -0.663. The van der Waals surface area contributed by atoms with Crippen LogP contribution in [0, 0.1) is 0 Å². The summed E-state index contributed by atoms with van der Waals surface area (Å²) in [6, 6.07) is 0. The van der Waals surface area contributed by atoms with E-state index in [-0.39, 0.29) is 19.4 Å². The van der Waals surface area contributed by atoms with Gasteiger partial charge in [-0.25, -0.2) is 4.57 Å². The number of rotatable bonds is 1. The van der Waals surface area contributed by atoms with Crippen molar-refractivity contribution in [1.29, 1.82) is 0 Å². The van der Waals surface area contributed by atoms with Crippen molar-refractivity contribution < 1.29 is 28.1 Å². The Balaban J connectivity index is 2.81. The van der Waals surface area contributed by atoms with E-state index in [1.54, 1.807) is 0 Å². The van der Waals surface area contributed by atoms with Crippen LogP contribution in [0.15, 0.2) is 0 Å². The minimum atomic E-state index is -4.47. The quantitative estimate of drug-likeness (QED) is 0.566. The monoisotopic (exact) mass is 223 g/mol. The Bertz CT molecular complexity index is 303. The second-order valence-electron chi connectivity index (χ2n) is 2.73. The molecule has 0 saturated carbocycles. The maximum Gasteiger partial charge on any atom is 0.530 e. The lowest BCUT2D eigenvalue weighted by molar-refractivity contribution is -0.142. The number of phosphoric ester groups is 1. The Morgan fingerprint density at radius 3 is 2.71 bits per heavy atom. The zero-order valence-electron chi connectivity index (χ0n) is 7.21. The highest BCUT2D eigenvalue weighted by atomic mass is 31.2. The third-order valence-corrected chi connectivity index (χ3v) is 2.58. The second kappa shape index (κ2) is 4.18. The first-order chi connectivity index (χ1) is 6.44. The van der Waals surface area contributed by atoms with Gasteiger partial charge in [-0.15, -0.1) is 0 Å². The SMILES string of the molecule is NCC1OP(=O)(O)OC(=O)CCC1=O. The fraction of sp³-hybridized carbons (Fsp3) is 0.667. The lowest BCUT2D eigenvalue weighted by Gasteiger charge is -2.20. The molecule has 1 saturated heterocycles. The van der Waals surface area contributed by atoms with Gasteiger partial charge in [0, 0.05) is 13.0 Å². The smallest absolute Gasteiger partial charge is 0.371 e. The standard InChI is InChI=1S/C6H10NO6P/c7-3-5-4(8)1-2-6(9)13-14(10,11)12-5/h5H,1-3,7H2,(H,10,11). The number of nitrogens with two attached hydrogens (primary N) is 1. The molecule has 1 aliphatic rings. The summed E-state index contributed by atoms with van der Waals surface area (Å²) in [6.45, 7) is -0.221. The molecule has 1 aliphatic heterocycles. The highest BCUT2D eigenvalue weighted by molar-refractivity contribution is 7.48. The Morgan fingerprint density at radius 1 is 1.50 bits per heavy atom. The first kappa shape index (κ1) is 11.3. The van der Waals surface area contributed by atoms with Crippen molar-refractivity contribution in [2.75, 3.05) is 6.54 Å². The summed E-state index contributed by atoms with van der Waals surface area (Å²) in [5.74, 6) is -1.40. The van der Waals surface area contributed by atoms with Crippen molar-refractivity contribution in [2.45, 2.75) is 18.9 Å². The van der Waals surface area contributed by atoms with E-state index in [1.807, 2.05) is 0 Å². The summed E-state index contributed by atoms with van der Waals surface area (Å²) in [5, 5.41) is 0. The third-order valence-electron chi connectivity index (χ3n) is 1.63. The molecule has 0 aromatic rings. The van der Waals surface area contributed by atoms with Crippen LogP contribution in [0.5, 0.6) is 0 Å². The van der Waals surface area contributed by atoms with Gasteiger partial charge < -0.3 is 10.3 Å². The maximum atomic E-state index is 11.2. The Labute approximate surface area is 79.8 Å². The summed E-state index contributed by atoms with van der Waals surface area (Å²) in [6.07, 6.45) is -1.51. The highest BCUT2D eigenvalue weighted by Crippen LogP contribution is 2.46. The molecule has 1 rings (SSSR count). The van der Waals surface area contributed by atoms with Gasteiger partial charge in [0.15, 0.2) is 5.78 Å². The Morgan fingerprint density at radius 2 is 2.14 bits per heavy atom. The zero-order chi connectivity index (χ0) is 10.8. The lowest BCUT2D eigenvalue weighted by Crippen LogP contribution is -2.33. The average molecular weight is 223 g/mol. The summed E-state index contributed by atoms with van der Waals surface area (Å²) in [7, 11) is -4.47. The number of ketones is 1. The molecule has 1 fully saturated rings. The van der Waals surface area contributed by atoms with Gasteiger partial charge in [0.05, 0.1) is 6.42 Å². The van der Waals surface area contributed by atoms with Crippen LogP contribution in [0.25, 0.3) is 0 Å². The number of carbonyl (C=O) groups is 2. The third kappa shape index (κ3) is 2.88. The van der Waals surface area contributed by atoms with Crippen LogP contribution < -0.4 is 5.73 Å². The van der Waals surface area contributed by atoms with E-state index in [0.29, 0.717) is 0 Å². The van der Waals surface area contributed by atoms with Gasteiger partial charge in [0.1, 0.15) is 6.10 Å². The lowest BCUT2D eigenvalue weighted by atomic mass is 10.1. The van der Waals surface area contributed by atoms with Gasteiger partial charge in [0.2, 0.25) is 0 Å². The first-order valence-corrected chi connectivity index (χ1v) is 5.40. The maximum absolute atomic E-state index is 11.2. The van der Waals surface area contributed by atoms with Crippen molar-refractivity contribution in [1.82, 2.24) is 0 Å². The number of carbonyl (C=O) groups excluding carboxylic acids is 2. The van der Waals surface area contributed by atoms with Crippen LogP contribution in [-0.2, 0) is 23.2 Å². The summed E-state index contributed by atoms with van der Waals surface area (Å²) >= 11 is 0. The second-order valence-corrected chi connectivity index (χ2v) is 4.06. The molecule has 3 N–H and O–H groups in total. The highest BCUT2D eigenvalue weighted by Gasteiger charge is 2.35. The molecule has 0 aromatic heterocycles. The number of hydrogen-bond acceptors (Lipinski definition) is 6. The van der Waals surface area contributed by atoms with Crippen molar-refractivity contribution in [2.24, 2.45) is 5.73 Å². The molecule has 1 heterocycles. The molecule has 0 aromatic carbocycles. The van der Waals surface area contributed by atoms with E-state index in [9.17, 15) is 14.2 Å². The molecule has 8 heteroatoms. The zero-order valence-corrected chi connectivity index (χ0v) is 8.11. The van der Waals surface area contributed by atoms with Gasteiger partial charge in [-0.2, -0.15) is 0 Å². The molecule has 0 aliphatic carbocycles. The van der Waals surface area contributed by atoms with E-state index >= 15 is 0 Å². The molecule has 0 bridgehead atoms. The van der Waals surface area contributed by atoms with Crippen LogP contribution >= 0.6 is 7.82 Å². The van der Waals surface area contributed by atoms with E-state index in [4.69, 9.17) is 10.6 Å². The van der Waals surface area contributed by atoms with Crippen LogP contribution in [0.4, 0.5) is 0 Å². The minimum Gasteiger partial charge on any atom is -0.371 e. The molecule has 14 heavy (non-hydrogen) atoms. The van der Waals surface area contributed by atoms with Crippen molar-refractivity contribution >= 4 is 19.6 Å². The van der Waals surface area contributed by atoms with Gasteiger partial charge in [0.25, 0.3) is 0 Å². The van der Waals surface area contributed by atoms with E-state index in [0.717, 1.165) is 0 Å². The summed E-state index contributed by atoms with van der Waals surface area (Å²) < 4.78 is 19.5. The number of hydrogen-bond donors (Lipinski definition) is 2. The molecule has 2 atom stereocenters. The van der Waals surface area contributed by atoms with Gasteiger partial charge in [-0.3, -0.25) is 19.0 Å². The van der Waals surface area contributed by atoms with E-state index in [2.05, 4.69) is 9.05 Å². The summed E-state index contributed by atoms with van der Waals surface area (Å²) in [4.78, 5) is 30.9. The Kier molecular flexibility index (Phi) is 3.38. The van der Waals surface area contributed by atoms with E-state index < -0.39 is 25.7 Å². The molecule has 80 valence electrons. The molecule has 0 amide bonds. The van der Waals surface area contributed by atoms with Gasteiger partial charge in [-0.1, -0.05) is 0 Å². The average Bonchev–Trinajstić information content (AvgIpc) is 2.08. The van der Waals surface area contributed by atoms with Crippen molar-refractivity contribution in [3.8, 4) is 0 Å². The van der Waals surface area contributed by atoms with Crippen LogP contribution in [0.3, 0.4) is 0 Å². The van der Waals surface area contributed by atoms with Crippen LogP contribution in [0.2, 0.25) is 0 Å². The van der Waals surface area contributed by atoms with Crippen LogP contribution in [0.1, 0.15) is 12.8 Å². The number of Topliss-reactive ketones (excluding diaryl/α,β-unsaturated/α-hetero) is 1. The largest absolute Gasteiger partial charge is 0.530 e. The molecule has 0 spiro atoms. The number of phosphoric acid groups is 1. The van der Waals surface area contributed by atoms with Crippen LogP contribution in [-0.4, -0.2) is 29.3 Å². The molecular formula is C6H10NO6P. The van der Waals surface area contributed by atoms with Crippen molar-refractivity contribution in [3.63, 3.8) is 0 Å². The fourth-order valence-electron chi connectivity index (χ4n) is 0.976. The molecule has 0 radical (unpaired) electrons. The van der Waals surface area contributed by atoms with E-state index in [1.165, 1.54) is 0 Å². The first-order valence-electron chi connectivity index (χ1n) is 3.91.